The van der Waals surface area contributed by atoms with Gasteiger partial charge in [0.05, 0.1) is 11.0 Å². The lowest BCUT2D eigenvalue weighted by Crippen LogP contribution is -1.94. The van der Waals surface area contributed by atoms with Crippen molar-refractivity contribution in [3.05, 3.63) is 36.4 Å². The van der Waals surface area contributed by atoms with Crippen molar-refractivity contribution in [2.75, 3.05) is 11.5 Å². The number of fused-ring (bicyclic) bond motifs is 3. The lowest BCUT2D eigenvalue weighted by molar-refractivity contribution is 0.827. The summed E-state index contributed by atoms with van der Waals surface area (Å²) in [5.74, 6) is 0. The van der Waals surface area contributed by atoms with Gasteiger partial charge in [-0.2, -0.15) is 0 Å². The van der Waals surface area contributed by atoms with Gasteiger partial charge < -0.3 is 16.0 Å². The van der Waals surface area contributed by atoms with Gasteiger partial charge in [0.2, 0.25) is 0 Å². The van der Waals surface area contributed by atoms with Crippen LogP contribution in [0.25, 0.3) is 21.8 Å². The average molecular weight is 225 g/mol. The van der Waals surface area contributed by atoms with E-state index in [2.05, 4.69) is 23.6 Å². The van der Waals surface area contributed by atoms with Crippen molar-refractivity contribution in [1.29, 1.82) is 0 Å². The lowest BCUT2D eigenvalue weighted by atomic mass is 10.1. The molecule has 0 spiro atoms. The maximum Gasteiger partial charge on any atom is 0.0511 e. The Morgan fingerprint density at radius 1 is 0.882 bits per heavy atom. The molecule has 3 rings (SSSR count). The number of nitrogen functional groups attached to an aromatic ring is 2. The lowest BCUT2D eigenvalue weighted by Gasteiger charge is -2.03. The fraction of sp³-hybridized carbons (Fsp3) is 0.143. The summed E-state index contributed by atoms with van der Waals surface area (Å²) in [7, 11) is 0. The third-order valence-corrected chi connectivity index (χ3v) is 3.23. The number of nitrogens with zero attached hydrogens (tertiary/aromatic N) is 1. The molecule has 0 atom stereocenters. The van der Waals surface area contributed by atoms with E-state index >= 15 is 0 Å². The molecule has 86 valence electrons. The Balaban J connectivity index is 2.56. The van der Waals surface area contributed by atoms with Crippen LogP contribution in [0.3, 0.4) is 0 Å². The molecular formula is C14H15N3. The van der Waals surface area contributed by atoms with Crippen molar-refractivity contribution in [2.45, 2.75) is 13.5 Å². The van der Waals surface area contributed by atoms with Gasteiger partial charge in [-0.25, -0.2) is 0 Å². The quantitative estimate of drug-likeness (QED) is 0.625. The smallest absolute Gasteiger partial charge is 0.0511 e. The van der Waals surface area contributed by atoms with Gasteiger partial charge in [-0.05, 0) is 31.2 Å². The number of hydrogen-bond donors (Lipinski definition) is 2. The molecule has 3 aromatic rings. The van der Waals surface area contributed by atoms with Crippen molar-refractivity contribution in [3.8, 4) is 0 Å². The highest BCUT2D eigenvalue weighted by Crippen LogP contribution is 2.31. The predicted molar refractivity (Wildman–Crippen MR) is 73.9 cm³/mol. The van der Waals surface area contributed by atoms with Crippen LogP contribution in [0.1, 0.15) is 6.92 Å². The molecule has 0 radical (unpaired) electrons. The largest absolute Gasteiger partial charge is 0.399 e. The van der Waals surface area contributed by atoms with E-state index in [4.69, 9.17) is 11.5 Å². The van der Waals surface area contributed by atoms with E-state index in [9.17, 15) is 0 Å². The highest BCUT2D eigenvalue weighted by atomic mass is 15.0. The Bertz CT molecular complexity index is 651. The number of aromatic nitrogens is 1. The van der Waals surface area contributed by atoms with Gasteiger partial charge in [-0.1, -0.05) is 12.1 Å². The number of rotatable bonds is 1. The Morgan fingerprint density at radius 3 is 1.76 bits per heavy atom. The molecule has 2 aromatic carbocycles. The van der Waals surface area contributed by atoms with E-state index in [1.54, 1.807) is 0 Å². The van der Waals surface area contributed by atoms with Crippen molar-refractivity contribution in [1.82, 2.24) is 4.57 Å². The SMILES string of the molecule is CCn1c2cc(N)ccc2c2ccc(N)cc21. The fourth-order valence-electron chi connectivity index (χ4n) is 2.47. The van der Waals surface area contributed by atoms with Gasteiger partial charge in [0, 0.05) is 28.7 Å². The molecule has 0 unspecified atom stereocenters. The molecule has 1 heterocycles. The predicted octanol–water partition coefficient (Wildman–Crippen LogP) is 2.98. The molecule has 0 fully saturated rings. The zero-order chi connectivity index (χ0) is 12.0. The average Bonchev–Trinajstić information content (AvgIpc) is 2.60. The number of aryl methyl sites for hydroxylation is 1. The molecule has 4 N–H and O–H groups in total. The Kier molecular flexibility index (Phi) is 2.01. The molecule has 0 aliphatic carbocycles. The fourth-order valence-corrected chi connectivity index (χ4v) is 2.47. The van der Waals surface area contributed by atoms with E-state index in [0.29, 0.717) is 0 Å². The van der Waals surface area contributed by atoms with Crippen LogP contribution in [0, 0.1) is 0 Å². The van der Waals surface area contributed by atoms with Gasteiger partial charge in [-0.3, -0.25) is 0 Å². The minimum atomic E-state index is 0.794. The monoisotopic (exact) mass is 225 g/mol. The summed E-state index contributed by atoms with van der Waals surface area (Å²) < 4.78 is 2.25. The molecule has 3 heteroatoms. The Morgan fingerprint density at radius 2 is 1.35 bits per heavy atom. The minimum absolute atomic E-state index is 0.794. The Labute approximate surface area is 99.6 Å². The summed E-state index contributed by atoms with van der Waals surface area (Å²) >= 11 is 0. The normalized spacial score (nSPS) is 11.4. The van der Waals surface area contributed by atoms with Crippen LogP contribution in [0.15, 0.2) is 36.4 Å². The van der Waals surface area contributed by atoms with E-state index in [0.717, 1.165) is 17.9 Å². The van der Waals surface area contributed by atoms with Gasteiger partial charge >= 0.3 is 0 Å². The van der Waals surface area contributed by atoms with Crippen molar-refractivity contribution in [2.24, 2.45) is 0 Å². The topological polar surface area (TPSA) is 57.0 Å². The molecule has 0 aliphatic rings. The number of anilines is 2. The summed E-state index contributed by atoms with van der Waals surface area (Å²) in [5, 5.41) is 2.46. The summed E-state index contributed by atoms with van der Waals surface area (Å²) in [6, 6.07) is 12.1. The summed E-state index contributed by atoms with van der Waals surface area (Å²) in [5.41, 5.74) is 15.7. The maximum atomic E-state index is 5.86. The number of hydrogen-bond acceptors (Lipinski definition) is 2. The second-order valence-electron chi connectivity index (χ2n) is 4.30. The highest BCUT2D eigenvalue weighted by Gasteiger charge is 2.09. The van der Waals surface area contributed by atoms with Crippen LogP contribution < -0.4 is 11.5 Å². The number of nitrogens with two attached hydrogens (primary N) is 2. The Hall–Kier alpha value is -2.16. The molecule has 0 saturated heterocycles. The van der Waals surface area contributed by atoms with Gasteiger partial charge in [-0.15, -0.1) is 0 Å². The third-order valence-electron chi connectivity index (χ3n) is 3.23. The first kappa shape index (κ1) is 10.0. The van der Waals surface area contributed by atoms with E-state index in [1.807, 2.05) is 24.3 Å². The van der Waals surface area contributed by atoms with Crippen LogP contribution in [-0.2, 0) is 6.54 Å². The molecule has 0 saturated carbocycles. The van der Waals surface area contributed by atoms with Gasteiger partial charge in [0.25, 0.3) is 0 Å². The van der Waals surface area contributed by atoms with Crippen LogP contribution in [-0.4, -0.2) is 4.57 Å². The molecule has 17 heavy (non-hydrogen) atoms. The zero-order valence-corrected chi connectivity index (χ0v) is 9.77. The second-order valence-corrected chi connectivity index (χ2v) is 4.30. The van der Waals surface area contributed by atoms with Crippen LogP contribution in [0.5, 0.6) is 0 Å². The number of benzene rings is 2. The van der Waals surface area contributed by atoms with Crippen molar-refractivity contribution >= 4 is 33.2 Å². The standard InChI is InChI=1S/C14H15N3/c1-2-17-13-7-9(15)3-5-11(13)12-6-4-10(16)8-14(12)17/h3-8H,2,15-16H2,1H3. The molecular weight excluding hydrogens is 210 g/mol. The van der Waals surface area contributed by atoms with E-state index in [-0.39, 0.29) is 0 Å². The maximum absolute atomic E-state index is 5.86. The molecule has 0 amide bonds. The first-order chi connectivity index (χ1) is 8.20. The van der Waals surface area contributed by atoms with Crippen LogP contribution >= 0.6 is 0 Å². The second kappa shape index (κ2) is 3.42. The molecule has 0 bridgehead atoms. The van der Waals surface area contributed by atoms with Crippen LogP contribution in [0.2, 0.25) is 0 Å². The van der Waals surface area contributed by atoms with Crippen LogP contribution in [0.4, 0.5) is 11.4 Å². The molecule has 3 nitrogen and oxygen atoms in total. The molecule has 0 aliphatic heterocycles. The van der Waals surface area contributed by atoms with Gasteiger partial charge in [0.1, 0.15) is 0 Å². The van der Waals surface area contributed by atoms with Gasteiger partial charge in [0.15, 0.2) is 0 Å². The first-order valence-corrected chi connectivity index (χ1v) is 5.77. The molecule has 1 aromatic heterocycles. The van der Waals surface area contributed by atoms with Crippen molar-refractivity contribution in [3.63, 3.8) is 0 Å². The van der Waals surface area contributed by atoms with E-state index < -0.39 is 0 Å². The minimum Gasteiger partial charge on any atom is -0.399 e. The summed E-state index contributed by atoms with van der Waals surface area (Å²) in [6.07, 6.45) is 0. The third kappa shape index (κ3) is 1.35. The summed E-state index contributed by atoms with van der Waals surface area (Å²) in [4.78, 5) is 0. The zero-order valence-electron chi connectivity index (χ0n) is 9.77. The van der Waals surface area contributed by atoms with E-state index in [1.165, 1.54) is 21.8 Å². The highest BCUT2D eigenvalue weighted by molar-refractivity contribution is 6.09. The first-order valence-electron chi connectivity index (χ1n) is 5.77. The summed E-state index contributed by atoms with van der Waals surface area (Å²) in [6.45, 7) is 3.04. The van der Waals surface area contributed by atoms with Crippen molar-refractivity contribution < 1.29 is 0 Å².